The summed E-state index contributed by atoms with van der Waals surface area (Å²) in [6.45, 7) is -0.522. The van der Waals surface area contributed by atoms with E-state index in [1.54, 1.807) is 24.3 Å². The third-order valence-corrected chi connectivity index (χ3v) is 4.35. The van der Waals surface area contributed by atoms with Crippen molar-refractivity contribution in [3.8, 4) is 5.75 Å². The van der Waals surface area contributed by atoms with Gasteiger partial charge in [0.25, 0.3) is 23.4 Å². The van der Waals surface area contributed by atoms with E-state index in [1.807, 2.05) is 6.07 Å². The average molecular weight is 426 g/mol. The zero-order valence-corrected chi connectivity index (χ0v) is 16.2. The molecule has 0 radical (unpaired) electrons. The van der Waals surface area contributed by atoms with Crippen molar-refractivity contribution in [2.24, 2.45) is 0 Å². The number of nitro groups is 1. The van der Waals surface area contributed by atoms with Crippen LogP contribution in [0.1, 0.15) is 20.7 Å². The van der Waals surface area contributed by atoms with Crippen LogP contribution in [0.3, 0.4) is 0 Å². The van der Waals surface area contributed by atoms with Crippen molar-refractivity contribution >= 4 is 29.3 Å². The minimum absolute atomic E-state index is 0.00841. The van der Waals surface area contributed by atoms with Crippen molar-refractivity contribution in [3.05, 3.63) is 69.8 Å². The molecule has 0 aliphatic carbocycles. The first kappa shape index (κ1) is 21.4. The number of non-ortho nitro benzene ring substituents is 1. The Morgan fingerprint density at radius 2 is 1.58 bits per heavy atom. The van der Waals surface area contributed by atoms with Crippen LogP contribution in [-0.2, 0) is 9.59 Å². The molecule has 0 fully saturated rings. The van der Waals surface area contributed by atoms with Crippen LogP contribution in [0.2, 0.25) is 0 Å². The largest absolute Gasteiger partial charge is 0.484 e. The number of para-hydroxylation sites is 1. The summed E-state index contributed by atoms with van der Waals surface area (Å²) < 4.78 is 5.29. The molecule has 0 saturated carbocycles. The van der Waals surface area contributed by atoms with Gasteiger partial charge < -0.3 is 15.4 Å². The number of carbonyl (C=O) groups is 4. The molecule has 1 aliphatic rings. The molecule has 1 aliphatic heterocycles. The molecule has 4 amide bonds. The first-order valence-electron chi connectivity index (χ1n) is 9.22. The van der Waals surface area contributed by atoms with Gasteiger partial charge in [-0.1, -0.05) is 18.2 Å². The van der Waals surface area contributed by atoms with E-state index >= 15 is 0 Å². The molecule has 3 rings (SSSR count). The highest BCUT2D eigenvalue weighted by molar-refractivity contribution is 6.22. The highest BCUT2D eigenvalue weighted by Gasteiger charge is 2.37. The van der Waals surface area contributed by atoms with Crippen molar-refractivity contribution in [3.63, 3.8) is 0 Å². The molecule has 0 atom stereocenters. The Balaban J connectivity index is 1.41. The first-order chi connectivity index (χ1) is 14.9. The van der Waals surface area contributed by atoms with Gasteiger partial charge in [0.2, 0.25) is 5.91 Å². The number of nitrogens with one attached hydrogen (secondary N) is 2. The second-order valence-corrected chi connectivity index (χ2v) is 6.49. The Morgan fingerprint density at radius 3 is 2.26 bits per heavy atom. The predicted molar refractivity (Wildman–Crippen MR) is 106 cm³/mol. The van der Waals surface area contributed by atoms with Gasteiger partial charge in [-0.2, -0.15) is 0 Å². The maximum absolute atomic E-state index is 12.4. The monoisotopic (exact) mass is 426 g/mol. The molecular formula is C20H18N4O7. The summed E-state index contributed by atoms with van der Waals surface area (Å²) in [7, 11) is 0. The van der Waals surface area contributed by atoms with Crippen molar-refractivity contribution < 1.29 is 28.8 Å². The number of fused-ring (bicyclic) bond motifs is 1. The number of carbonyl (C=O) groups excluding carboxylic acids is 4. The molecule has 1 heterocycles. The van der Waals surface area contributed by atoms with E-state index in [4.69, 9.17) is 4.74 Å². The lowest BCUT2D eigenvalue weighted by atomic mass is 10.1. The van der Waals surface area contributed by atoms with E-state index in [1.165, 1.54) is 6.07 Å². The first-order valence-corrected chi connectivity index (χ1v) is 9.22. The standard InChI is InChI=1S/C20H18N4O7/c25-17(21-8-9-22-18(26)12-31-14-4-2-1-3-5-14)11-23-19(27)15-7-6-13(24(29)30)10-16(15)20(23)28/h1-7,10H,8-9,11-12H2,(H,21,25)(H,22,26). The highest BCUT2D eigenvalue weighted by Crippen LogP contribution is 2.26. The van der Waals surface area contributed by atoms with Gasteiger partial charge in [-0.25, -0.2) is 0 Å². The Hall–Kier alpha value is -4.28. The number of imide groups is 1. The topological polar surface area (TPSA) is 148 Å². The van der Waals surface area contributed by atoms with Crippen LogP contribution in [-0.4, -0.2) is 59.7 Å². The van der Waals surface area contributed by atoms with Crippen LogP contribution in [0.15, 0.2) is 48.5 Å². The van der Waals surface area contributed by atoms with Gasteiger partial charge in [0.15, 0.2) is 6.61 Å². The van der Waals surface area contributed by atoms with Crippen LogP contribution in [0.5, 0.6) is 5.75 Å². The average Bonchev–Trinajstić information content (AvgIpc) is 3.00. The van der Waals surface area contributed by atoms with E-state index in [2.05, 4.69) is 10.6 Å². The van der Waals surface area contributed by atoms with Gasteiger partial charge in [0, 0.05) is 25.2 Å². The zero-order valence-electron chi connectivity index (χ0n) is 16.2. The van der Waals surface area contributed by atoms with E-state index in [0.29, 0.717) is 5.75 Å². The number of hydrogen-bond acceptors (Lipinski definition) is 7. The van der Waals surface area contributed by atoms with Crippen LogP contribution in [0.4, 0.5) is 5.69 Å². The van der Waals surface area contributed by atoms with Crippen molar-refractivity contribution in [2.45, 2.75) is 0 Å². The summed E-state index contributed by atoms with van der Waals surface area (Å²) in [5.41, 5.74) is -0.426. The van der Waals surface area contributed by atoms with Crippen molar-refractivity contribution in [1.29, 1.82) is 0 Å². The number of nitrogens with zero attached hydrogens (tertiary/aromatic N) is 2. The summed E-state index contributed by atoms with van der Waals surface area (Å²) in [4.78, 5) is 59.4. The number of benzene rings is 2. The lowest BCUT2D eigenvalue weighted by molar-refractivity contribution is -0.384. The zero-order chi connectivity index (χ0) is 22.4. The maximum atomic E-state index is 12.4. The molecule has 0 unspecified atom stereocenters. The molecule has 2 aromatic carbocycles. The fraction of sp³-hybridized carbons (Fsp3) is 0.200. The third-order valence-electron chi connectivity index (χ3n) is 4.35. The Morgan fingerprint density at radius 1 is 0.935 bits per heavy atom. The van der Waals surface area contributed by atoms with Crippen molar-refractivity contribution in [2.75, 3.05) is 26.2 Å². The second kappa shape index (κ2) is 9.48. The lowest BCUT2D eigenvalue weighted by Crippen LogP contribution is -2.43. The van der Waals surface area contributed by atoms with Crippen LogP contribution < -0.4 is 15.4 Å². The molecule has 160 valence electrons. The highest BCUT2D eigenvalue weighted by atomic mass is 16.6. The summed E-state index contributed by atoms with van der Waals surface area (Å²) >= 11 is 0. The van der Waals surface area contributed by atoms with E-state index < -0.39 is 29.2 Å². The van der Waals surface area contributed by atoms with E-state index in [0.717, 1.165) is 17.0 Å². The van der Waals surface area contributed by atoms with Gasteiger partial charge in [-0.3, -0.25) is 34.2 Å². The molecule has 2 aromatic rings. The Kier molecular flexibility index (Phi) is 6.55. The third kappa shape index (κ3) is 5.21. The summed E-state index contributed by atoms with van der Waals surface area (Å²) in [6.07, 6.45) is 0. The predicted octanol–water partition coefficient (Wildman–Crippen LogP) is 0.502. The smallest absolute Gasteiger partial charge is 0.270 e. The minimum Gasteiger partial charge on any atom is -0.484 e. The maximum Gasteiger partial charge on any atom is 0.270 e. The Labute approximate surface area is 176 Å². The molecule has 11 heteroatoms. The van der Waals surface area contributed by atoms with Gasteiger partial charge in [-0.15, -0.1) is 0 Å². The minimum atomic E-state index is -0.773. The molecular weight excluding hydrogens is 408 g/mol. The van der Waals surface area contributed by atoms with Gasteiger partial charge in [0.1, 0.15) is 12.3 Å². The van der Waals surface area contributed by atoms with Crippen LogP contribution >= 0.6 is 0 Å². The second-order valence-electron chi connectivity index (χ2n) is 6.49. The van der Waals surface area contributed by atoms with Gasteiger partial charge in [0.05, 0.1) is 16.1 Å². The fourth-order valence-electron chi connectivity index (χ4n) is 2.86. The quantitative estimate of drug-likeness (QED) is 0.257. The molecule has 0 saturated heterocycles. The van der Waals surface area contributed by atoms with Gasteiger partial charge >= 0.3 is 0 Å². The van der Waals surface area contributed by atoms with E-state index in [9.17, 15) is 29.3 Å². The van der Waals surface area contributed by atoms with Crippen LogP contribution in [0.25, 0.3) is 0 Å². The molecule has 11 nitrogen and oxygen atoms in total. The van der Waals surface area contributed by atoms with Crippen molar-refractivity contribution in [1.82, 2.24) is 15.5 Å². The number of ether oxygens (including phenoxy) is 1. The summed E-state index contributed by atoms with van der Waals surface area (Å²) in [6, 6.07) is 12.1. The van der Waals surface area contributed by atoms with Gasteiger partial charge in [-0.05, 0) is 18.2 Å². The van der Waals surface area contributed by atoms with E-state index in [-0.39, 0.29) is 42.4 Å². The number of nitro benzene ring substituents is 1. The molecule has 31 heavy (non-hydrogen) atoms. The van der Waals surface area contributed by atoms with Crippen LogP contribution in [0, 0.1) is 10.1 Å². The summed E-state index contributed by atoms with van der Waals surface area (Å²) in [5, 5.41) is 15.9. The Bertz CT molecular complexity index is 1040. The molecule has 0 spiro atoms. The normalized spacial score (nSPS) is 12.3. The lowest BCUT2D eigenvalue weighted by Gasteiger charge is -2.13. The fourth-order valence-corrected chi connectivity index (χ4v) is 2.86. The number of rotatable bonds is 9. The molecule has 0 aromatic heterocycles. The molecule has 2 N–H and O–H groups in total. The SMILES string of the molecule is O=C(COc1ccccc1)NCCNC(=O)CN1C(=O)c2ccc([N+](=O)[O-])cc2C1=O. The number of amides is 4. The number of hydrogen-bond donors (Lipinski definition) is 2. The summed E-state index contributed by atoms with van der Waals surface area (Å²) in [5.74, 6) is -1.90. The molecule has 0 bridgehead atoms.